The number of nitriles is 1. The third-order valence-corrected chi connectivity index (χ3v) is 5.54. The van der Waals surface area contributed by atoms with Crippen molar-refractivity contribution in [3.05, 3.63) is 98.6 Å². The zero-order chi connectivity index (χ0) is 22.9. The zero-order valence-electron chi connectivity index (χ0n) is 17.8. The van der Waals surface area contributed by atoms with Gasteiger partial charge in [-0.15, -0.1) is 0 Å². The Bertz CT molecular complexity index is 1140. The maximum atomic E-state index is 12.6. The molecule has 3 aromatic rings. The molecule has 3 aromatic carbocycles. The molecule has 0 radical (unpaired) electrons. The summed E-state index contributed by atoms with van der Waals surface area (Å²) in [6.45, 7) is 2.29. The fourth-order valence-corrected chi connectivity index (χ4v) is 3.41. The molecule has 0 heterocycles. The van der Waals surface area contributed by atoms with E-state index in [1.807, 2.05) is 67.6 Å². The lowest BCUT2D eigenvalue weighted by Crippen LogP contribution is -2.27. The Kier molecular flexibility index (Phi) is 8.28. The highest BCUT2D eigenvalue weighted by Gasteiger charge is 2.14. The van der Waals surface area contributed by atoms with E-state index in [2.05, 4.69) is 27.9 Å². The Morgan fingerprint density at radius 2 is 1.81 bits per heavy atom. The van der Waals surface area contributed by atoms with E-state index in [1.165, 1.54) is 0 Å². The van der Waals surface area contributed by atoms with Crippen molar-refractivity contribution in [3.8, 4) is 17.6 Å². The Morgan fingerprint density at radius 3 is 2.47 bits per heavy atom. The molecule has 0 fully saturated rings. The number of ether oxygens (including phenoxy) is 2. The molecule has 0 saturated carbocycles. The molecule has 3 rings (SSSR count). The van der Waals surface area contributed by atoms with Crippen LogP contribution in [-0.4, -0.2) is 13.0 Å². The molecule has 0 aliphatic rings. The van der Waals surface area contributed by atoms with Gasteiger partial charge in [-0.25, -0.2) is 0 Å². The van der Waals surface area contributed by atoms with Gasteiger partial charge in [-0.1, -0.05) is 48.5 Å². The third-order valence-electron chi connectivity index (χ3n) is 4.82. The summed E-state index contributed by atoms with van der Waals surface area (Å²) < 4.78 is 12.5. The highest BCUT2D eigenvalue weighted by atomic mass is 127. The van der Waals surface area contributed by atoms with Crippen LogP contribution in [0.25, 0.3) is 6.08 Å². The first-order valence-electron chi connectivity index (χ1n) is 10.0. The predicted molar refractivity (Wildman–Crippen MR) is 133 cm³/mol. The van der Waals surface area contributed by atoms with Crippen LogP contribution in [0.1, 0.15) is 29.7 Å². The first-order valence-corrected chi connectivity index (χ1v) is 11.1. The largest absolute Gasteiger partial charge is 0.493 e. The molecule has 1 atom stereocenters. The van der Waals surface area contributed by atoms with Crippen LogP contribution in [0.2, 0.25) is 0 Å². The lowest BCUT2D eigenvalue weighted by atomic mass is 10.1. The Balaban J connectivity index is 1.72. The lowest BCUT2D eigenvalue weighted by molar-refractivity contribution is -0.117. The molecule has 0 aliphatic heterocycles. The standard InChI is InChI=1S/C26H23IN2O3/c1-18(21-6-4-3-5-7-21)29-26(30)22(16-28)14-20-10-13-24(25(15-20)31-2)32-17-19-8-11-23(27)12-9-19/h3-15,18H,17H2,1-2H3,(H,29,30)/b22-14-/t18-/m1/s1. The number of nitrogens with zero attached hydrogens (tertiary/aromatic N) is 1. The van der Waals surface area contributed by atoms with Crippen LogP contribution in [-0.2, 0) is 11.4 Å². The van der Waals surface area contributed by atoms with Gasteiger partial charge in [0.1, 0.15) is 18.2 Å². The van der Waals surface area contributed by atoms with E-state index in [9.17, 15) is 10.1 Å². The van der Waals surface area contributed by atoms with Gasteiger partial charge in [-0.05, 0) is 76.5 Å². The Hall–Kier alpha value is -3.31. The summed E-state index contributed by atoms with van der Waals surface area (Å²) in [7, 11) is 1.56. The van der Waals surface area contributed by atoms with Crippen molar-refractivity contribution < 1.29 is 14.3 Å². The van der Waals surface area contributed by atoms with Crippen LogP contribution in [0.3, 0.4) is 0 Å². The van der Waals surface area contributed by atoms with E-state index in [0.717, 1.165) is 14.7 Å². The van der Waals surface area contributed by atoms with Crippen molar-refractivity contribution >= 4 is 34.6 Å². The molecule has 1 N–H and O–H groups in total. The fourth-order valence-electron chi connectivity index (χ4n) is 3.05. The van der Waals surface area contributed by atoms with E-state index in [-0.39, 0.29) is 11.6 Å². The van der Waals surface area contributed by atoms with E-state index < -0.39 is 5.91 Å². The molecule has 0 aromatic heterocycles. The number of hydrogen-bond acceptors (Lipinski definition) is 4. The zero-order valence-corrected chi connectivity index (χ0v) is 20.0. The average molecular weight is 538 g/mol. The monoisotopic (exact) mass is 538 g/mol. The van der Waals surface area contributed by atoms with Gasteiger partial charge >= 0.3 is 0 Å². The van der Waals surface area contributed by atoms with Gasteiger partial charge in [0, 0.05) is 3.57 Å². The summed E-state index contributed by atoms with van der Waals surface area (Å²) in [6.07, 6.45) is 1.54. The maximum absolute atomic E-state index is 12.6. The molecular weight excluding hydrogens is 515 g/mol. The van der Waals surface area contributed by atoms with Crippen LogP contribution < -0.4 is 14.8 Å². The van der Waals surface area contributed by atoms with Gasteiger partial charge in [0.25, 0.3) is 5.91 Å². The van der Waals surface area contributed by atoms with Crippen molar-refractivity contribution in [1.29, 1.82) is 5.26 Å². The number of nitrogens with one attached hydrogen (secondary N) is 1. The smallest absolute Gasteiger partial charge is 0.262 e. The summed E-state index contributed by atoms with van der Waals surface area (Å²) in [5, 5.41) is 12.4. The van der Waals surface area contributed by atoms with Crippen LogP contribution in [0.4, 0.5) is 0 Å². The van der Waals surface area contributed by atoms with Crippen LogP contribution in [0.15, 0.2) is 78.4 Å². The van der Waals surface area contributed by atoms with Gasteiger partial charge in [0.15, 0.2) is 11.5 Å². The van der Waals surface area contributed by atoms with Crippen molar-refractivity contribution in [3.63, 3.8) is 0 Å². The molecule has 0 spiro atoms. The summed E-state index contributed by atoms with van der Waals surface area (Å²) in [5.41, 5.74) is 2.70. The second kappa shape index (κ2) is 11.3. The Morgan fingerprint density at radius 1 is 1.09 bits per heavy atom. The predicted octanol–water partition coefficient (Wildman–Crippen LogP) is 5.66. The van der Waals surface area contributed by atoms with Crippen LogP contribution >= 0.6 is 22.6 Å². The molecule has 162 valence electrons. The Labute approximate surface area is 201 Å². The fraction of sp³-hybridized carbons (Fsp3) is 0.154. The molecule has 5 nitrogen and oxygen atoms in total. The minimum atomic E-state index is -0.429. The summed E-state index contributed by atoms with van der Waals surface area (Å²) in [6, 6.07) is 24.8. The molecule has 0 unspecified atom stereocenters. The first-order chi connectivity index (χ1) is 15.5. The number of hydrogen-bond donors (Lipinski definition) is 1. The van der Waals surface area contributed by atoms with Gasteiger partial charge < -0.3 is 14.8 Å². The number of amides is 1. The normalized spacial score (nSPS) is 11.9. The summed E-state index contributed by atoms with van der Waals surface area (Å²) >= 11 is 2.26. The molecular formula is C26H23IN2O3. The summed E-state index contributed by atoms with van der Waals surface area (Å²) in [5.74, 6) is 0.685. The molecule has 6 heteroatoms. The second-order valence-corrected chi connectivity index (χ2v) is 8.35. The van der Waals surface area contributed by atoms with Gasteiger partial charge in [0.2, 0.25) is 0 Å². The van der Waals surface area contributed by atoms with Gasteiger partial charge in [0.05, 0.1) is 13.2 Å². The van der Waals surface area contributed by atoms with Gasteiger partial charge in [-0.3, -0.25) is 4.79 Å². The highest BCUT2D eigenvalue weighted by Crippen LogP contribution is 2.30. The molecule has 32 heavy (non-hydrogen) atoms. The summed E-state index contributed by atoms with van der Waals surface area (Å²) in [4.78, 5) is 12.6. The number of rotatable bonds is 8. The quantitative estimate of drug-likeness (QED) is 0.228. The van der Waals surface area contributed by atoms with Crippen LogP contribution in [0, 0.1) is 14.9 Å². The SMILES string of the molecule is COc1cc(/C=C(/C#N)C(=O)N[C@H](C)c2ccccc2)ccc1OCc1ccc(I)cc1. The molecule has 1 amide bonds. The minimum absolute atomic E-state index is 0.0161. The van der Waals surface area contributed by atoms with Crippen molar-refractivity contribution in [2.75, 3.05) is 7.11 Å². The lowest BCUT2D eigenvalue weighted by Gasteiger charge is -2.14. The van der Waals surface area contributed by atoms with Gasteiger partial charge in [-0.2, -0.15) is 5.26 Å². The first kappa shape index (κ1) is 23.4. The minimum Gasteiger partial charge on any atom is -0.493 e. The van der Waals surface area contributed by atoms with E-state index in [1.54, 1.807) is 31.4 Å². The van der Waals surface area contributed by atoms with E-state index in [4.69, 9.17) is 9.47 Å². The van der Waals surface area contributed by atoms with Crippen LogP contribution in [0.5, 0.6) is 11.5 Å². The number of halogens is 1. The number of methoxy groups -OCH3 is 1. The topological polar surface area (TPSA) is 71.3 Å². The number of benzene rings is 3. The van der Waals surface area contributed by atoms with E-state index >= 15 is 0 Å². The maximum Gasteiger partial charge on any atom is 0.262 e. The molecule has 0 saturated heterocycles. The molecule has 0 aliphatic carbocycles. The van der Waals surface area contributed by atoms with Crippen molar-refractivity contribution in [2.45, 2.75) is 19.6 Å². The van der Waals surface area contributed by atoms with E-state index in [0.29, 0.717) is 23.7 Å². The highest BCUT2D eigenvalue weighted by molar-refractivity contribution is 14.1. The second-order valence-electron chi connectivity index (χ2n) is 7.10. The number of carbonyl (C=O) groups is 1. The molecule has 0 bridgehead atoms. The average Bonchev–Trinajstić information content (AvgIpc) is 2.82. The number of carbonyl (C=O) groups excluding carboxylic acids is 1. The van der Waals surface area contributed by atoms with Crippen molar-refractivity contribution in [2.24, 2.45) is 0 Å². The third kappa shape index (κ3) is 6.34. The van der Waals surface area contributed by atoms with Crippen molar-refractivity contribution in [1.82, 2.24) is 5.32 Å².